The molecule has 2 rings (SSSR count). The SMILES string of the molecule is O=c1oc2ccccc2cc1CCCO. The molecule has 1 aromatic heterocycles. The second-order valence-electron chi connectivity index (χ2n) is 3.42. The summed E-state index contributed by atoms with van der Waals surface area (Å²) in [4.78, 5) is 11.5. The summed E-state index contributed by atoms with van der Waals surface area (Å²) in [5, 5.41) is 9.62. The molecule has 0 aliphatic heterocycles. The zero-order chi connectivity index (χ0) is 10.7. The number of hydrogen-bond acceptors (Lipinski definition) is 3. The topological polar surface area (TPSA) is 50.4 Å². The fraction of sp³-hybridized carbons (Fsp3) is 0.250. The quantitative estimate of drug-likeness (QED) is 0.774. The summed E-state index contributed by atoms with van der Waals surface area (Å²) >= 11 is 0. The monoisotopic (exact) mass is 204 g/mol. The molecular weight excluding hydrogens is 192 g/mol. The first kappa shape index (κ1) is 9.93. The van der Waals surface area contributed by atoms with E-state index >= 15 is 0 Å². The third-order valence-corrected chi connectivity index (χ3v) is 2.32. The first-order chi connectivity index (χ1) is 7.31. The zero-order valence-corrected chi connectivity index (χ0v) is 8.27. The van der Waals surface area contributed by atoms with Crippen molar-refractivity contribution in [2.75, 3.05) is 6.61 Å². The highest BCUT2D eigenvalue weighted by atomic mass is 16.4. The van der Waals surface area contributed by atoms with Crippen LogP contribution in [0.2, 0.25) is 0 Å². The van der Waals surface area contributed by atoms with Crippen molar-refractivity contribution in [2.24, 2.45) is 0 Å². The Kier molecular flexibility index (Phi) is 2.83. The molecule has 0 spiro atoms. The highest BCUT2D eigenvalue weighted by Crippen LogP contribution is 2.13. The number of fused-ring (bicyclic) bond motifs is 1. The first-order valence-corrected chi connectivity index (χ1v) is 4.94. The lowest BCUT2D eigenvalue weighted by atomic mass is 10.1. The third-order valence-electron chi connectivity index (χ3n) is 2.32. The van der Waals surface area contributed by atoms with Gasteiger partial charge in [-0.05, 0) is 25.0 Å². The van der Waals surface area contributed by atoms with Gasteiger partial charge in [0.05, 0.1) is 0 Å². The lowest BCUT2D eigenvalue weighted by molar-refractivity contribution is 0.288. The number of para-hydroxylation sites is 1. The lowest BCUT2D eigenvalue weighted by Gasteiger charge is -2.00. The fourth-order valence-corrected chi connectivity index (χ4v) is 1.55. The second kappa shape index (κ2) is 4.28. The minimum absolute atomic E-state index is 0.0896. The van der Waals surface area contributed by atoms with Crippen LogP contribution in [0.15, 0.2) is 39.5 Å². The summed E-state index contributed by atoms with van der Waals surface area (Å²) in [6.45, 7) is 0.0896. The molecule has 0 aliphatic rings. The summed E-state index contributed by atoms with van der Waals surface area (Å²) in [5.41, 5.74) is 0.931. The van der Waals surface area contributed by atoms with Crippen LogP contribution >= 0.6 is 0 Å². The van der Waals surface area contributed by atoms with Gasteiger partial charge in [-0.15, -0.1) is 0 Å². The molecule has 0 saturated heterocycles. The van der Waals surface area contributed by atoms with E-state index in [2.05, 4.69) is 0 Å². The van der Waals surface area contributed by atoms with Gasteiger partial charge in [0.15, 0.2) is 0 Å². The minimum Gasteiger partial charge on any atom is -0.423 e. The second-order valence-corrected chi connectivity index (χ2v) is 3.42. The van der Waals surface area contributed by atoms with E-state index < -0.39 is 0 Å². The highest BCUT2D eigenvalue weighted by molar-refractivity contribution is 5.76. The van der Waals surface area contributed by atoms with E-state index in [0.717, 1.165) is 5.39 Å². The molecule has 0 bridgehead atoms. The molecular formula is C12H12O3. The molecule has 3 nitrogen and oxygen atoms in total. The summed E-state index contributed by atoms with van der Waals surface area (Å²) in [7, 11) is 0. The van der Waals surface area contributed by atoms with Gasteiger partial charge in [-0.1, -0.05) is 18.2 Å². The minimum atomic E-state index is -0.304. The van der Waals surface area contributed by atoms with E-state index in [1.165, 1.54) is 0 Å². The third kappa shape index (κ3) is 2.07. The molecule has 2 aromatic rings. The predicted octanol–water partition coefficient (Wildman–Crippen LogP) is 1.72. The molecule has 0 atom stereocenters. The van der Waals surface area contributed by atoms with Crippen LogP contribution in [-0.2, 0) is 6.42 Å². The van der Waals surface area contributed by atoms with Gasteiger partial charge in [0, 0.05) is 17.6 Å². The van der Waals surface area contributed by atoms with Crippen LogP contribution in [0.4, 0.5) is 0 Å². The molecule has 1 aromatic carbocycles. The number of aliphatic hydroxyl groups is 1. The molecule has 78 valence electrons. The van der Waals surface area contributed by atoms with Gasteiger partial charge < -0.3 is 9.52 Å². The van der Waals surface area contributed by atoms with Crippen LogP contribution in [0, 0.1) is 0 Å². The average molecular weight is 204 g/mol. The normalized spacial score (nSPS) is 10.7. The predicted molar refractivity (Wildman–Crippen MR) is 57.9 cm³/mol. The van der Waals surface area contributed by atoms with Crippen LogP contribution in [0.3, 0.4) is 0 Å². The van der Waals surface area contributed by atoms with Gasteiger partial charge in [-0.2, -0.15) is 0 Å². The number of hydrogen-bond donors (Lipinski definition) is 1. The van der Waals surface area contributed by atoms with Crippen molar-refractivity contribution in [3.63, 3.8) is 0 Å². The van der Waals surface area contributed by atoms with Gasteiger partial charge in [-0.3, -0.25) is 0 Å². The molecule has 3 heteroatoms. The summed E-state index contributed by atoms with van der Waals surface area (Å²) < 4.78 is 5.15. The van der Waals surface area contributed by atoms with Crippen molar-refractivity contribution in [1.82, 2.24) is 0 Å². The molecule has 0 saturated carbocycles. The van der Waals surface area contributed by atoms with E-state index in [9.17, 15) is 4.79 Å². The largest absolute Gasteiger partial charge is 0.423 e. The van der Waals surface area contributed by atoms with Gasteiger partial charge in [0.1, 0.15) is 5.58 Å². The summed E-state index contributed by atoms with van der Waals surface area (Å²) in [6, 6.07) is 9.24. The molecule has 0 unspecified atom stereocenters. The van der Waals surface area contributed by atoms with Crippen molar-refractivity contribution >= 4 is 11.0 Å². The summed E-state index contributed by atoms with van der Waals surface area (Å²) in [5.74, 6) is 0. The van der Waals surface area contributed by atoms with Crippen LogP contribution in [0.25, 0.3) is 11.0 Å². The molecule has 0 aliphatic carbocycles. The molecule has 0 radical (unpaired) electrons. The van der Waals surface area contributed by atoms with Crippen LogP contribution in [0.5, 0.6) is 0 Å². The fourth-order valence-electron chi connectivity index (χ4n) is 1.55. The Morgan fingerprint density at radius 1 is 1.27 bits per heavy atom. The highest BCUT2D eigenvalue weighted by Gasteiger charge is 2.03. The Morgan fingerprint density at radius 3 is 2.87 bits per heavy atom. The standard InChI is InChI=1S/C12H12O3/c13-7-3-5-10-8-9-4-1-2-6-11(9)15-12(10)14/h1-2,4,6,8,13H,3,5,7H2. The Labute approximate surface area is 87.0 Å². The Balaban J connectivity index is 2.48. The van der Waals surface area contributed by atoms with Gasteiger partial charge in [0.2, 0.25) is 0 Å². The number of aryl methyl sites for hydroxylation is 1. The number of benzene rings is 1. The van der Waals surface area contributed by atoms with Crippen LogP contribution in [-0.4, -0.2) is 11.7 Å². The Hall–Kier alpha value is -1.61. The van der Waals surface area contributed by atoms with Crippen molar-refractivity contribution < 1.29 is 9.52 Å². The molecule has 0 fully saturated rings. The van der Waals surface area contributed by atoms with Crippen molar-refractivity contribution in [2.45, 2.75) is 12.8 Å². The van der Waals surface area contributed by atoms with Crippen molar-refractivity contribution in [3.8, 4) is 0 Å². The van der Waals surface area contributed by atoms with Crippen LogP contribution < -0.4 is 5.63 Å². The number of aliphatic hydroxyl groups excluding tert-OH is 1. The van der Waals surface area contributed by atoms with Crippen molar-refractivity contribution in [3.05, 3.63) is 46.3 Å². The van der Waals surface area contributed by atoms with E-state index in [1.807, 2.05) is 24.3 Å². The maximum absolute atomic E-state index is 11.5. The van der Waals surface area contributed by atoms with Gasteiger partial charge in [-0.25, -0.2) is 4.79 Å². The molecule has 15 heavy (non-hydrogen) atoms. The van der Waals surface area contributed by atoms with Crippen molar-refractivity contribution in [1.29, 1.82) is 0 Å². The average Bonchev–Trinajstić information content (AvgIpc) is 2.26. The lowest BCUT2D eigenvalue weighted by Crippen LogP contribution is -2.07. The maximum atomic E-state index is 11.5. The molecule has 0 amide bonds. The van der Waals surface area contributed by atoms with E-state index in [0.29, 0.717) is 24.0 Å². The smallest absolute Gasteiger partial charge is 0.339 e. The first-order valence-electron chi connectivity index (χ1n) is 4.94. The van der Waals surface area contributed by atoms with E-state index in [4.69, 9.17) is 9.52 Å². The van der Waals surface area contributed by atoms with E-state index in [1.54, 1.807) is 6.07 Å². The van der Waals surface area contributed by atoms with Crippen LogP contribution in [0.1, 0.15) is 12.0 Å². The Morgan fingerprint density at radius 2 is 2.07 bits per heavy atom. The van der Waals surface area contributed by atoms with E-state index in [-0.39, 0.29) is 12.2 Å². The van der Waals surface area contributed by atoms with Gasteiger partial charge >= 0.3 is 5.63 Å². The molecule has 1 N–H and O–H groups in total. The Bertz CT molecular complexity index is 514. The zero-order valence-electron chi connectivity index (χ0n) is 8.27. The van der Waals surface area contributed by atoms with Gasteiger partial charge in [0.25, 0.3) is 0 Å². The molecule has 1 heterocycles. The number of rotatable bonds is 3. The summed E-state index contributed by atoms with van der Waals surface area (Å²) in [6.07, 6.45) is 1.15. The maximum Gasteiger partial charge on any atom is 0.339 e.